The molecule has 0 saturated heterocycles. The van der Waals surface area contributed by atoms with Crippen molar-refractivity contribution in [2.75, 3.05) is 0 Å². The summed E-state index contributed by atoms with van der Waals surface area (Å²) < 4.78 is 15.1. The molecular formula is C18H23N3O4. The first-order chi connectivity index (χ1) is 11.7. The second-order valence-corrected chi connectivity index (χ2v) is 5.99. The molecule has 134 valence electrons. The standard InChI is InChI=1S/C18H23N3O4/c1-11(2)23-17(25-18(22)24-12(3)4)21-20-16(10-19)15-8-13(5)7-14(6)9-15/h7-9,11-12H,1-6H3/b20-16+,21-17+. The summed E-state index contributed by atoms with van der Waals surface area (Å²) in [6.45, 7) is 10.7. The van der Waals surface area contributed by atoms with E-state index >= 15 is 0 Å². The van der Waals surface area contributed by atoms with Crippen molar-refractivity contribution < 1.29 is 19.0 Å². The molecule has 0 atom stereocenters. The summed E-state index contributed by atoms with van der Waals surface area (Å²) in [7, 11) is 0. The highest BCUT2D eigenvalue weighted by molar-refractivity contribution is 6.11. The van der Waals surface area contributed by atoms with E-state index in [1.54, 1.807) is 27.7 Å². The lowest BCUT2D eigenvalue weighted by atomic mass is 10.0. The second-order valence-electron chi connectivity index (χ2n) is 5.99. The summed E-state index contributed by atoms with van der Waals surface area (Å²) in [5.41, 5.74) is 2.70. The second kappa shape index (κ2) is 9.42. The molecule has 0 saturated carbocycles. The molecule has 0 unspecified atom stereocenters. The summed E-state index contributed by atoms with van der Waals surface area (Å²) >= 11 is 0. The largest absolute Gasteiger partial charge is 0.517 e. The predicted molar refractivity (Wildman–Crippen MR) is 94.4 cm³/mol. The number of rotatable bonds is 4. The summed E-state index contributed by atoms with van der Waals surface area (Å²) in [5.74, 6) is 0. The quantitative estimate of drug-likeness (QED) is 0.357. The van der Waals surface area contributed by atoms with Gasteiger partial charge in [0.15, 0.2) is 5.71 Å². The fourth-order valence-electron chi connectivity index (χ4n) is 1.90. The summed E-state index contributed by atoms with van der Waals surface area (Å²) in [6.07, 6.45) is -1.97. The molecule has 0 N–H and O–H groups in total. The van der Waals surface area contributed by atoms with E-state index in [0.29, 0.717) is 5.56 Å². The van der Waals surface area contributed by atoms with Crippen LogP contribution in [-0.2, 0) is 14.2 Å². The number of ether oxygens (including phenoxy) is 3. The van der Waals surface area contributed by atoms with E-state index in [0.717, 1.165) is 11.1 Å². The van der Waals surface area contributed by atoms with Gasteiger partial charge in [0.25, 0.3) is 0 Å². The van der Waals surface area contributed by atoms with Gasteiger partial charge < -0.3 is 14.2 Å². The van der Waals surface area contributed by atoms with Crippen LogP contribution >= 0.6 is 0 Å². The third kappa shape index (κ3) is 7.48. The summed E-state index contributed by atoms with van der Waals surface area (Å²) in [4.78, 5) is 11.6. The van der Waals surface area contributed by atoms with Crippen LogP contribution in [0, 0.1) is 25.2 Å². The van der Waals surface area contributed by atoms with Crippen molar-refractivity contribution in [1.82, 2.24) is 0 Å². The molecule has 0 bridgehead atoms. The van der Waals surface area contributed by atoms with E-state index in [-0.39, 0.29) is 24.0 Å². The minimum Gasteiger partial charge on any atom is -0.446 e. The van der Waals surface area contributed by atoms with Crippen molar-refractivity contribution in [2.45, 2.75) is 53.8 Å². The van der Waals surface area contributed by atoms with Crippen LogP contribution in [0.5, 0.6) is 0 Å². The highest BCUT2D eigenvalue weighted by atomic mass is 16.8. The number of hydrogen-bond acceptors (Lipinski definition) is 7. The number of carbonyl (C=O) groups excluding carboxylic acids is 1. The lowest BCUT2D eigenvalue weighted by molar-refractivity contribution is 0.0502. The minimum absolute atomic E-state index is 0.0810. The van der Waals surface area contributed by atoms with E-state index in [9.17, 15) is 10.1 Å². The number of nitrogens with zero attached hydrogens (tertiary/aromatic N) is 3. The average Bonchev–Trinajstić information content (AvgIpc) is 2.45. The number of aryl methyl sites for hydroxylation is 2. The number of nitriles is 1. The van der Waals surface area contributed by atoms with Crippen LogP contribution in [-0.4, -0.2) is 30.2 Å². The third-order valence-electron chi connectivity index (χ3n) is 2.67. The highest BCUT2D eigenvalue weighted by Gasteiger charge is 2.15. The third-order valence-corrected chi connectivity index (χ3v) is 2.67. The first kappa shape index (κ1) is 20.2. The summed E-state index contributed by atoms with van der Waals surface area (Å²) in [5, 5.41) is 17.0. The van der Waals surface area contributed by atoms with Crippen LogP contribution in [0.3, 0.4) is 0 Å². The maximum absolute atomic E-state index is 11.6. The number of benzene rings is 1. The van der Waals surface area contributed by atoms with Crippen molar-refractivity contribution >= 4 is 18.0 Å². The molecule has 1 aromatic carbocycles. The molecule has 0 aliphatic carbocycles. The highest BCUT2D eigenvalue weighted by Crippen LogP contribution is 2.10. The van der Waals surface area contributed by atoms with E-state index in [2.05, 4.69) is 10.2 Å². The first-order valence-corrected chi connectivity index (χ1v) is 7.90. The Morgan fingerprint density at radius 1 is 1.00 bits per heavy atom. The van der Waals surface area contributed by atoms with Crippen molar-refractivity contribution in [2.24, 2.45) is 10.2 Å². The van der Waals surface area contributed by atoms with Gasteiger partial charge in [0.1, 0.15) is 6.07 Å². The van der Waals surface area contributed by atoms with Gasteiger partial charge in [0.05, 0.1) is 12.2 Å². The molecule has 1 aromatic rings. The molecule has 0 spiro atoms. The van der Waals surface area contributed by atoms with Gasteiger partial charge in [-0.15, -0.1) is 5.10 Å². The Bertz CT molecular complexity index is 695. The molecule has 0 radical (unpaired) electrons. The average molecular weight is 345 g/mol. The normalized spacial score (nSPS) is 12.1. The SMILES string of the molecule is Cc1cc(C)cc(/C(C#N)=N/N=C(/OC(=O)OC(C)C)OC(C)C)c1. The first-order valence-electron chi connectivity index (χ1n) is 7.90. The van der Waals surface area contributed by atoms with Gasteiger partial charge in [0.2, 0.25) is 0 Å². The lowest BCUT2D eigenvalue weighted by Gasteiger charge is -2.12. The molecule has 7 nitrogen and oxygen atoms in total. The Hall–Kier alpha value is -2.88. The van der Waals surface area contributed by atoms with E-state index in [1.165, 1.54) is 0 Å². The molecule has 0 aliphatic heterocycles. The van der Waals surface area contributed by atoms with Crippen LogP contribution < -0.4 is 0 Å². The van der Waals surface area contributed by atoms with Crippen molar-refractivity contribution in [3.8, 4) is 6.07 Å². The number of hydrogen-bond donors (Lipinski definition) is 0. The fraction of sp³-hybridized carbons (Fsp3) is 0.444. The monoisotopic (exact) mass is 345 g/mol. The topological polar surface area (TPSA) is 93.3 Å². The van der Waals surface area contributed by atoms with Crippen LogP contribution in [0.4, 0.5) is 4.79 Å². The van der Waals surface area contributed by atoms with Gasteiger partial charge >= 0.3 is 12.2 Å². The Balaban J connectivity index is 3.10. The Morgan fingerprint density at radius 2 is 1.56 bits per heavy atom. The molecule has 7 heteroatoms. The zero-order valence-electron chi connectivity index (χ0n) is 15.4. The molecule has 25 heavy (non-hydrogen) atoms. The van der Waals surface area contributed by atoms with Gasteiger partial charge in [-0.05, 0) is 53.7 Å². The van der Waals surface area contributed by atoms with E-state index in [4.69, 9.17) is 14.2 Å². The number of carbonyl (C=O) groups is 1. The van der Waals surface area contributed by atoms with Crippen LogP contribution in [0.25, 0.3) is 0 Å². The Labute approximate surface area is 147 Å². The molecule has 0 heterocycles. The maximum Gasteiger partial charge on any atom is 0.517 e. The molecule has 1 rings (SSSR count). The summed E-state index contributed by atoms with van der Waals surface area (Å²) in [6, 6.07) is 7.61. The fourth-order valence-corrected chi connectivity index (χ4v) is 1.90. The van der Waals surface area contributed by atoms with Gasteiger partial charge in [0, 0.05) is 5.56 Å². The van der Waals surface area contributed by atoms with Crippen LogP contribution in [0.1, 0.15) is 44.4 Å². The predicted octanol–water partition coefficient (Wildman–Crippen LogP) is 3.87. The van der Waals surface area contributed by atoms with Gasteiger partial charge in [-0.25, -0.2) is 4.79 Å². The van der Waals surface area contributed by atoms with Crippen molar-refractivity contribution in [3.05, 3.63) is 34.9 Å². The molecular weight excluding hydrogens is 322 g/mol. The molecule has 0 fully saturated rings. The van der Waals surface area contributed by atoms with E-state index < -0.39 is 6.16 Å². The van der Waals surface area contributed by atoms with Gasteiger partial charge in [-0.1, -0.05) is 22.3 Å². The maximum atomic E-state index is 11.6. The lowest BCUT2D eigenvalue weighted by Crippen LogP contribution is -2.21. The molecule has 0 aromatic heterocycles. The minimum atomic E-state index is -0.950. The van der Waals surface area contributed by atoms with Crippen LogP contribution in [0.2, 0.25) is 0 Å². The zero-order valence-corrected chi connectivity index (χ0v) is 15.4. The Morgan fingerprint density at radius 3 is 2.04 bits per heavy atom. The van der Waals surface area contributed by atoms with E-state index in [1.807, 2.05) is 38.1 Å². The van der Waals surface area contributed by atoms with Gasteiger partial charge in [-0.3, -0.25) is 0 Å². The van der Waals surface area contributed by atoms with Crippen molar-refractivity contribution in [1.29, 1.82) is 5.26 Å². The van der Waals surface area contributed by atoms with Crippen molar-refractivity contribution in [3.63, 3.8) is 0 Å². The zero-order chi connectivity index (χ0) is 19.0. The van der Waals surface area contributed by atoms with Crippen LogP contribution in [0.15, 0.2) is 28.4 Å². The van der Waals surface area contributed by atoms with Gasteiger partial charge in [-0.2, -0.15) is 5.26 Å². The smallest absolute Gasteiger partial charge is 0.446 e. The molecule has 0 amide bonds. The molecule has 0 aliphatic rings. The Kier molecular flexibility index (Phi) is 7.60.